The van der Waals surface area contributed by atoms with Crippen LogP contribution in [0, 0.1) is 0 Å². The van der Waals surface area contributed by atoms with Crippen LogP contribution in [0.3, 0.4) is 0 Å². The van der Waals surface area contributed by atoms with Gasteiger partial charge >= 0.3 is 0 Å². The highest BCUT2D eigenvalue weighted by atomic mass is 16.5. The molecule has 4 heterocycles. The molecular formula is C29H26N4O2. The molecule has 35 heavy (non-hydrogen) atoms. The minimum Gasteiger partial charge on any atom is -0.497 e. The number of methoxy groups -OCH3 is 1. The Morgan fingerprint density at radius 1 is 1.00 bits per heavy atom. The number of likely N-dealkylation sites (tertiary alicyclic amines) is 1. The van der Waals surface area contributed by atoms with Gasteiger partial charge in [0.05, 0.1) is 12.6 Å². The number of nitrogens with zero attached hydrogens (tertiary/aromatic N) is 3. The van der Waals surface area contributed by atoms with Gasteiger partial charge in [-0.05, 0) is 60.2 Å². The Morgan fingerprint density at radius 2 is 1.80 bits per heavy atom. The van der Waals surface area contributed by atoms with Crippen LogP contribution >= 0.6 is 0 Å². The van der Waals surface area contributed by atoms with E-state index in [9.17, 15) is 4.79 Å². The molecule has 0 spiro atoms. The average molecular weight is 463 g/mol. The highest BCUT2D eigenvalue weighted by Crippen LogP contribution is 2.34. The summed E-state index contributed by atoms with van der Waals surface area (Å²) >= 11 is 0. The van der Waals surface area contributed by atoms with Gasteiger partial charge in [0.2, 0.25) is 0 Å². The molecule has 1 N–H and O–H groups in total. The van der Waals surface area contributed by atoms with Gasteiger partial charge < -0.3 is 14.6 Å². The van der Waals surface area contributed by atoms with Crippen LogP contribution in [0.5, 0.6) is 5.75 Å². The van der Waals surface area contributed by atoms with E-state index in [2.05, 4.69) is 40.4 Å². The standard InChI is InChI=1S/C29H26N4O2/c1-35-22-9-6-19(7-10-22)25-17-30-16-21-8-11-27(32-28(21)25)29(34)33-14-12-20(13-15-33)24-18-31-26-5-3-2-4-23(24)26/h2-11,16-18,20,31H,12-15H2,1H3. The van der Waals surface area contributed by atoms with Gasteiger partial charge in [-0.25, -0.2) is 4.98 Å². The second-order valence-corrected chi connectivity index (χ2v) is 9.04. The number of ether oxygens (including phenoxy) is 1. The lowest BCUT2D eigenvalue weighted by molar-refractivity contribution is 0.0708. The van der Waals surface area contributed by atoms with Crippen LogP contribution in [0.1, 0.15) is 34.8 Å². The Labute approximate surface area is 203 Å². The van der Waals surface area contributed by atoms with Crippen LogP contribution in [0.2, 0.25) is 0 Å². The first-order valence-corrected chi connectivity index (χ1v) is 12.0. The average Bonchev–Trinajstić information content (AvgIpc) is 3.36. The van der Waals surface area contributed by atoms with Crippen LogP contribution in [0.15, 0.2) is 79.3 Å². The zero-order valence-electron chi connectivity index (χ0n) is 19.6. The summed E-state index contributed by atoms with van der Waals surface area (Å²) in [6.07, 6.45) is 7.62. The van der Waals surface area contributed by atoms with Crippen molar-refractivity contribution in [3.05, 3.63) is 90.5 Å². The van der Waals surface area contributed by atoms with Crippen LogP contribution in [-0.2, 0) is 0 Å². The number of H-pyrrole nitrogens is 1. The fraction of sp³-hybridized carbons (Fsp3) is 0.207. The predicted molar refractivity (Wildman–Crippen MR) is 138 cm³/mol. The molecule has 1 aliphatic heterocycles. The first kappa shape index (κ1) is 21.4. The number of piperidine rings is 1. The minimum absolute atomic E-state index is 0.0123. The summed E-state index contributed by atoms with van der Waals surface area (Å²) in [6, 6.07) is 20.0. The number of aromatic amines is 1. The summed E-state index contributed by atoms with van der Waals surface area (Å²) < 4.78 is 5.28. The maximum absolute atomic E-state index is 13.4. The van der Waals surface area contributed by atoms with Crippen molar-refractivity contribution in [1.82, 2.24) is 19.9 Å². The highest BCUT2D eigenvalue weighted by molar-refractivity contribution is 5.98. The minimum atomic E-state index is -0.0123. The van der Waals surface area contributed by atoms with Crippen molar-refractivity contribution in [1.29, 1.82) is 0 Å². The molecule has 3 aromatic heterocycles. The van der Waals surface area contributed by atoms with Gasteiger partial charge in [0.25, 0.3) is 5.91 Å². The lowest BCUT2D eigenvalue weighted by Gasteiger charge is -2.32. The summed E-state index contributed by atoms with van der Waals surface area (Å²) in [5.74, 6) is 1.23. The van der Waals surface area contributed by atoms with Crippen LogP contribution in [-0.4, -0.2) is 46.0 Å². The third kappa shape index (κ3) is 3.91. The Hall–Kier alpha value is -4.19. The van der Waals surface area contributed by atoms with Gasteiger partial charge in [0, 0.05) is 53.5 Å². The van der Waals surface area contributed by atoms with E-state index in [4.69, 9.17) is 9.72 Å². The van der Waals surface area contributed by atoms with Crippen molar-refractivity contribution in [2.75, 3.05) is 20.2 Å². The molecule has 0 atom stereocenters. The quantitative estimate of drug-likeness (QED) is 0.366. The number of carbonyl (C=O) groups excluding carboxylic acids is 1. The fourth-order valence-corrected chi connectivity index (χ4v) is 5.13. The summed E-state index contributed by atoms with van der Waals surface area (Å²) in [4.78, 5) is 27.9. The highest BCUT2D eigenvalue weighted by Gasteiger charge is 2.27. The van der Waals surface area contributed by atoms with Gasteiger partial charge in [-0.2, -0.15) is 0 Å². The zero-order valence-corrected chi connectivity index (χ0v) is 19.6. The molecule has 6 heteroatoms. The SMILES string of the molecule is COc1ccc(-c2cncc3ccc(C(=O)N4CCC(c5c[nH]c6ccccc56)CC4)nc23)cc1. The molecule has 174 valence electrons. The number of amides is 1. The van der Waals surface area contributed by atoms with E-state index < -0.39 is 0 Å². The van der Waals surface area contributed by atoms with Crippen molar-refractivity contribution in [3.63, 3.8) is 0 Å². The van der Waals surface area contributed by atoms with E-state index in [1.165, 1.54) is 16.5 Å². The predicted octanol–water partition coefficient (Wildman–Crippen LogP) is 5.81. The Balaban J connectivity index is 1.24. The van der Waals surface area contributed by atoms with Crippen molar-refractivity contribution in [2.24, 2.45) is 0 Å². The molecule has 5 aromatic rings. The molecule has 6 rings (SSSR count). The van der Waals surface area contributed by atoms with Crippen LogP contribution in [0.25, 0.3) is 32.9 Å². The van der Waals surface area contributed by atoms with Crippen molar-refractivity contribution in [3.8, 4) is 16.9 Å². The van der Waals surface area contributed by atoms with Crippen molar-refractivity contribution >= 4 is 27.7 Å². The first-order valence-electron chi connectivity index (χ1n) is 12.0. The fourth-order valence-electron chi connectivity index (χ4n) is 5.13. The van der Waals surface area contributed by atoms with Gasteiger partial charge in [-0.3, -0.25) is 9.78 Å². The number of carbonyl (C=O) groups is 1. The molecule has 6 nitrogen and oxygen atoms in total. The molecule has 2 aromatic carbocycles. The summed E-state index contributed by atoms with van der Waals surface area (Å²) in [6.45, 7) is 1.45. The lowest BCUT2D eigenvalue weighted by atomic mass is 9.89. The molecule has 0 bridgehead atoms. The Morgan fingerprint density at radius 3 is 2.60 bits per heavy atom. The van der Waals surface area contributed by atoms with E-state index in [1.54, 1.807) is 19.5 Å². The van der Waals surface area contributed by atoms with Gasteiger partial charge in [-0.1, -0.05) is 30.3 Å². The number of rotatable bonds is 4. The van der Waals surface area contributed by atoms with Gasteiger partial charge in [-0.15, -0.1) is 0 Å². The third-order valence-corrected chi connectivity index (χ3v) is 7.06. The number of aromatic nitrogens is 3. The number of fused-ring (bicyclic) bond motifs is 2. The molecule has 1 saturated heterocycles. The van der Waals surface area contributed by atoms with E-state index in [0.717, 1.165) is 53.7 Å². The van der Waals surface area contributed by atoms with Gasteiger partial charge in [0.1, 0.15) is 11.4 Å². The van der Waals surface area contributed by atoms with E-state index in [-0.39, 0.29) is 5.91 Å². The van der Waals surface area contributed by atoms with Crippen molar-refractivity contribution < 1.29 is 9.53 Å². The molecule has 1 fully saturated rings. The van der Waals surface area contributed by atoms with E-state index in [0.29, 0.717) is 11.6 Å². The molecule has 0 radical (unpaired) electrons. The first-order chi connectivity index (χ1) is 17.2. The summed E-state index contributed by atoms with van der Waals surface area (Å²) in [5.41, 5.74) is 5.67. The summed E-state index contributed by atoms with van der Waals surface area (Å²) in [7, 11) is 1.65. The summed E-state index contributed by atoms with van der Waals surface area (Å²) in [5, 5.41) is 2.20. The number of para-hydroxylation sites is 1. The monoisotopic (exact) mass is 462 g/mol. The van der Waals surface area contributed by atoms with Gasteiger partial charge in [0.15, 0.2) is 0 Å². The number of pyridine rings is 2. The molecule has 0 aliphatic carbocycles. The topological polar surface area (TPSA) is 71.1 Å². The van der Waals surface area contributed by atoms with E-state index in [1.807, 2.05) is 41.3 Å². The Kier molecular flexibility index (Phi) is 5.41. The maximum atomic E-state index is 13.4. The molecular weight excluding hydrogens is 436 g/mol. The number of hydrogen-bond donors (Lipinski definition) is 1. The number of benzene rings is 2. The smallest absolute Gasteiger partial charge is 0.272 e. The lowest BCUT2D eigenvalue weighted by Crippen LogP contribution is -2.38. The second kappa shape index (κ2) is 8.87. The third-order valence-electron chi connectivity index (χ3n) is 7.06. The molecule has 0 saturated carbocycles. The maximum Gasteiger partial charge on any atom is 0.272 e. The molecule has 1 amide bonds. The molecule has 1 aliphatic rings. The van der Waals surface area contributed by atoms with Crippen LogP contribution in [0.4, 0.5) is 0 Å². The Bertz CT molecular complexity index is 1520. The number of hydrogen-bond acceptors (Lipinski definition) is 4. The second-order valence-electron chi connectivity index (χ2n) is 9.04. The molecule has 0 unspecified atom stereocenters. The van der Waals surface area contributed by atoms with Crippen LogP contribution < -0.4 is 4.74 Å². The normalized spacial score (nSPS) is 14.5. The zero-order chi connectivity index (χ0) is 23.8. The van der Waals surface area contributed by atoms with E-state index >= 15 is 0 Å². The van der Waals surface area contributed by atoms with Crippen molar-refractivity contribution in [2.45, 2.75) is 18.8 Å². The number of nitrogens with one attached hydrogen (secondary N) is 1. The largest absolute Gasteiger partial charge is 0.497 e.